The van der Waals surface area contributed by atoms with Crippen LogP contribution in [0.25, 0.3) is 0 Å². The number of methoxy groups -OCH3 is 1. The standard InChI is InChI=1S/C23H30Cl2N2O6/c1-4-33-23(29)20-17(8-10-31-12-13-32-11-9-26)27-14(2)18(22(28)30-3)19(20)15-6-5-7-16(24)21(15)25/h5-7,18-19H,4,8-13,26H2,1-3H3. The molecular weight excluding hydrogens is 471 g/mol. The number of hydrogen-bond acceptors (Lipinski definition) is 8. The van der Waals surface area contributed by atoms with Crippen LogP contribution < -0.4 is 5.73 Å². The van der Waals surface area contributed by atoms with Crippen molar-refractivity contribution in [3.05, 3.63) is 45.1 Å². The summed E-state index contributed by atoms with van der Waals surface area (Å²) >= 11 is 12.8. The van der Waals surface area contributed by atoms with Gasteiger partial charge >= 0.3 is 11.9 Å². The van der Waals surface area contributed by atoms with Crippen molar-refractivity contribution in [1.82, 2.24) is 0 Å². The molecule has 2 N–H and O–H groups in total. The largest absolute Gasteiger partial charge is 0.468 e. The zero-order valence-corrected chi connectivity index (χ0v) is 20.6. The fraction of sp³-hybridized carbons (Fsp3) is 0.522. The van der Waals surface area contributed by atoms with Crippen molar-refractivity contribution >= 4 is 40.9 Å². The highest BCUT2D eigenvalue weighted by atomic mass is 35.5. The van der Waals surface area contributed by atoms with Gasteiger partial charge in [0.2, 0.25) is 0 Å². The molecule has 8 nitrogen and oxygen atoms in total. The van der Waals surface area contributed by atoms with E-state index in [-0.39, 0.29) is 17.2 Å². The lowest BCUT2D eigenvalue weighted by Crippen LogP contribution is -2.36. The van der Waals surface area contributed by atoms with Crippen LogP contribution in [0.4, 0.5) is 0 Å². The first-order valence-electron chi connectivity index (χ1n) is 10.7. The first-order valence-corrected chi connectivity index (χ1v) is 11.5. The Morgan fingerprint density at radius 1 is 1.12 bits per heavy atom. The number of carbonyl (C=O) groups excluding carboxylic acids is 2. The van der Waals surface area contributed by atoms with E-state index in [4.69, 9.17) is 47.9 Å². The maximum Gasteiger partial charge on any atom is 0.336 e. The molecule has 1 aromatic carbocycles. The van der Waals surface area contributed by atoms with Crippen LogP contribution in [0.15, 0.2) is 34.5 Å². The highest BCUT2D eigenvalue weighted by molar-refractivity contribution is 6.42. The van der Waals surface area contributed by atoms with Crippen molar-refractivity contribution in [3.8, 4) is 0 Å². The molecule has 0 aliphatic carbocycles. The molecule has 0 bridgehead atoms. The summed E-state index contributed by atoms with van der Waals surface area (Å²) in [7, 11) is 1.29. The highest BCUT2D eigenvalue weighted by Crippen LogP contribution is 2.44. The Kier molecular flexibility index (Phi) is 11.3. The maximum absolute atomic E-state index is 13.1. The number of esters is 2. The molecule has 0 radical (unpaired) electrons. The molecule has 0 aromatic heterocycles. The minimum absolute atomic E-state index is 0.159. The number of hydrogen-bond donors (Lipinski definition) is 1. The van der Waals surface area contributed by atoms with Crippen LogP contribution in [0.3, 0.4) is 0 Å². The molecule has 1 aliphatic heterocycles. The first kappa shape index (κ1) is 27.3. The van der Waals surface area contributed by atoms with Crippen molar-refractivity contribution in [2.24, 2.45) is 16.6 Å². The van der Waals surface area contributed by atoms with Crippen LogP contribution in [0.5, 0.6) is 0 Å². The number of nitrogens with two attached hydrogens (primary N) is 1. The molecule has 0 saturated heterocycles. The molecule has 0 spiro atoms. The number of rotatable bonds is 12. The Balaban J connectivity index is 2.46. The zero-order valence-electron chi connectivity index (χ0n) is 19.1. The highest BCUT2D eigenvalue weighted by Gasteiger charge is 2.43. The van der Waals surface area contributed by atoms with E-state index in [9.17, 15) is 9.59 Å². The molecule has 2 atom stereocenters. The Morgan fingerprint density at radius 3 is 2.45 bits per heavy atom. The van der Waals surface area contributed by atoms with Gasteiger partial charge in [0.05, 0.1) is 61.5 Å². The number of carbonyl (C=O) groups is 2. The minimum Gasteiger partial charge on any atom is -0.468 e. The molecule has 1 heterocycles. The summed E-state index contributed by atoms with van der Waals surface area (Å²) in [4.78, 5) is 30.5. The Labute approximate surface area is 204 Å². The summed E-state index contributed by atoms with van der Waals surface area (Å²) in [6.45, 7) is 5.57. The van der Waals surface area contributed by atoms with E-state index >= 15 is 0 Å². The predicted molar refractivity (Wildman–Crippen MR) is 127 cm³/mol. The minimum atomic E-state index is -0.861. The van der Waals surface area contributed by atoms with Crippen molar-refractivity contribution in [2.75, 3.05) is 46.7 Å². The van der Waals surface area contributed by atoms with Gasteiger partial charge in [-0.1, -0.05) is 35.3 Å². The van der Waals surface area contributed by atoms with Gasteiger partial charge in [-0.05, 0) is 25.5 Å². The molecule has 1 aliphatic rings. The molecule has 33 heavy (non-hydrogen) atoms. The van der Waals surface area contributed by atoms with E-state index in [1.54, 1.807) is 32.0 Å². The monoisotopic (exact) mass is 500 g/mol. The van der Waals surface area contributed by atoms with Crippen LogP contribution >= 0.6 is 23.2 Å². The van der Waals surface area contributed by atoms with Crippen molar-refractivity contribution in [2.45, 2.75) is 26.2 Å². The van der Waals surface area contributed by atoms with Gasteiger partial charge in [-0.15, -0.1) is 0 Å². The van der Waals surface area contributed by atoms with Gasteiger partial charge < -0.3 is 24.7 Å². The molecule has 10 heteroatoms. The van der Waals surface area contributed by atoms with Crippen LogP contribution in [0.1, 0.15) is 31.7 Å². The third-order valence-electron chi connectivity index (χ3n) is 5.10. The average Bonchev–Trinajstić information content (AvgIpc) is 2.79. The fourth-order valence-electron chi connectivity index (χ4n) is 3.68. The summed E-state index contributed by atoms with van der Waals surface area (Å²) in [6.07, 6.45) is 0.324. The third-order valence-corrected chi connectivity index (χ3v) is 5.93. The number of nitrogens with zero attached hydrogens (tertiary/aromatic N) is 1. The van der Waals surface area contributed by atoms with Gasteiger partial charge in [-0.3, -0.25) is 9.79 Å². The van der Waals surface area contributed by atoms with Crippen molar-refractivity contribution in [1.29, 1.82) is 0 Å². The van der Waals surface area contributed by atoms with Crippen molar-refractivity contribution in [3.63, 3.8) is 0 Å². The molecule has 2 rings (SSSR count). The second-order valence-corrected chi connectivity index (χ2v) is 8.00. The molecule has 182 valence electrons. The van der Waals surface area contributed by atoms with E-state index < -0.39 is 23.8 Å². The average molecular weight is 501 g/mol. The topological polar surface area (TPSA) is 109 Å². The van der Waals surface area contributed by atoms with Crippen molar-refractivity contribution < 1.29 is 28.5 Å². The number of benzene rings is 1. The second-order valence-electron chi connectivity index (χ2n) is 7.22. The van der Waals surface area contributed by atoms with E-state index in [0.717, 1.165) is 0 Å². The predicted octanol–water partition coefficient (Wildman–Crippen LogP) is 3.54. The summed E-state index contributed by atoms with van der Waals surface area (Å²) in [6, 6.07) is 5.08. The Bertz CT molecular complexity index is 903. The Hall–Kier alpha value is -1.97. The number of aliphatic imine (C=N–C) groups is 1. The van der Waals surface area contributed by atoms with Crippen LogP contribution in [0, 0.1) is 5.92 Å². The molecule has 1 aromatic rings. The quantitative estimate of drug-likeness (QED) is 0.345. The van der Waals surface area contributed by atoms with Gasteiger partial charge in [-0.25, -0.2) is 4.79 Å². The molecule has 0 saturated carbocycles. The van der Waals surface area contributed by atoms with Gasteiger partial charge in [-0.2, -0.15) is 0 Å². The summed E-state index contributed by atoms with van der Waals surface area (Å²) in [5, 5.41) is 0.561. The molecule has 0 amide bonds. The van der Waals surface area contributed by atoms with Gasteiger partial charge in [0.25, 0.3) is 0 Å². The van der Waals surface area contributed by atoms with E-state index in [0.29, 0.717) is 61.4 Å². The Morgan fingerprint density at radius 2 is 1.82 bits per heavy atom. The second kappa shape index (κ2) is 13.7. The zero-order chi connectivity index (χ0) is 24.4. The van der Waals surface area contributed by atoms with Crippen LogP contribution in [0.2, 0.25) is 10.0 Å². The van der Waals surface area contributed by atoms with Crippen LogP contribution in [-0.2, 0) is 28.5 Å². The normalized spacial score (nSPS) is 18.2. The van der Waals surface area contributed by atoms with E-state index in [2.05, 4.69) is 4.99 Å². The lowest BCUT2D eigenvalue weighted by atomic mass is 9.75. The van der Waals surface area contributed by atoms with E-state index in [1.165, 1.54) is 7.11 Å². The molecule has 2 unspecified atom stereocenters. The number of halogens is 2. The lowest BCUT2D eigenvalue weighted by molar-refractivity contribution is -0.144. The summed E-state index contributed by atoms with van der Waals surface area (Å²) in [5.74, 6) is -2.75. The SMILES string of the molecule is CCOC(=O)C1=C(CCOCCOCCN)N=C(C)C(C(=O)OC)C1c1cccc(Cl)c1Cl. The van der Waals surface area contributed by atoms with Gasteiger partial charge in [0, 0.05) is 24.6 Å². The third kappa shape index (κ3) is 7.01. The maximum atomic E-state index is 13.1. The summed E-state index contributed by atoms with van der Waals surface area (Å²) < 4.78 is 21.3. The summed E-state index contributed by atoms with van der Waals surface area (Å²) in [5.41, 5.74) is 7.12. The first-order chi connectivity index (χ1) is 15.9. The van der Waals surface area contributed by atoms with Gasteiger partial charge in [0.1, 0.15) is 5.92 Å². The van der Waals surface area contributed by atoms with Gasteiger partial charge in [0.15, 0.2) is 0 Å². The number of ether oxygens (including phenoxy) is 4. The molecule has 0 fully saturated rings. The van der Waals surface area contributed by atoms with E-state index in [1.807, 2.05) is 0 Å². The van der Waals surface area contributed by atoms with Crippen LogP contribution in [-0.4, -0.2) is 64.3 Å². The smallest absolute Gasteiger partial charge is 0.336 e. The molecular formula is C23H30Cl2N2O6. The lowest BCUT2D eigenvalue weighted by Gasteiger charge is -2.32. The fourth-order valence-corrected chi connectivity index (χ4v) is 4.10.